The molecule has 0 spiro atoms. The minimum atomic E-state index is 0.108. The van der Waals surface area contributed by atoms with Gasteiger partial charge in [-0.3, -0.25) is 4.78 Å². The molecule has 1 aliphatic heterocycles. The van der Waals surface area contributed by atoms with E-state index in [0.717, 1.165) is 0 Å². The van der Waals surface area contributed by atoms with Crippen molar-refractivity contribution in [1.82, 2.24) is 0 Å². The molecule has 0 amide bonds. The van der Waals surface area contributed by atoms with Gasteiger partial charge in [0.05, 0.1) is 0 Å². The average molecular weight is 89.2 g/mol. The maximum Gasteiger partial charge on any atom is 0.00467 e. The van der Waals surface area contributed by atoms with Crippen LogP contribution in [0, 0.1) is 4.78 Å². The minimum Gasteiger partial charge on any atom is -0.280 e. The van der Waals surface area contributed by atoms with Crippen LogP contribution < -0.4 is 0 Å². The van der Waals surface area contributed by atoms with Crippen molar-refractivity contribution in [2.45, 2.75) is 6.42 Å². The fourth-order valence-corrected chi connectivity index (χ4v) is 0.866. The van der Waals surface area contributed by atoms with Crippen LogP contribution in [-0.4, -0.2) is 11.5 Å². The minimum absolute atomic E-state index is 0.108. The van der Waals surface area contributed by atoms with E-state index >= 15 is 0 Å². The Morgan fingerprint density at radius 3 is 1.80 bits per heavy atom. The predicted octanol–water partition coefficient (Wildman–Crippen LogP) is 0.771. The van der Waals surface area contributed by atoms with Gasteiger partial charge in [0.1, 0.15) is 0 Å². The van der Waals surface area contributed by atoms with Crippen LogP contribution in [0.15, 0.2) is 0 Å². The Morgan fingerprint density at radius 1 is 1.40 bits per heavy atom. The molecule has 0 atom stereocenters. The summed E-state index contributed by atoms with van der Waals surface area (Å²) in [5, 5.41) is 0. The lowest BCUT2D eigenvalue weighted by Gasteiger charge is -2.11. The highest BCUT2D eigenvalue weighted by atomic mass is 32.2. The van der Waals surface area contributed by atoms with Gasteiger partial charge >= 0.3 is 0 Å². The third kappa shape index (κ3) is 0.507. The summed E-state index contributed by atoms with van der Waals surface area (Å²) >= 11 is 0. The van der Waals surface area contributed by atoms with E-state index in [0.29, 0.717) is 0 Å². The van der Waals surface area contributed by atoms with E-state index in [4.69, 9.17) is 4.78 Å². The molecule has 0 aromatic carbocycles. The van der Waals surface area contributed by atoms with E-state index in [9.17, 15) is 0 Å². The SMILES string of the molecule is N=S1CCC1. The fourth-order valence-electron chi connectivity index (χ4n) is 0.289. The standard InChI is InChI=1S/C3H7NS/c4-5-2-1-3-5/h4H,1-3H2. The van der Waals surface area contributed by atoms with Crippen LogP contribution >= 0.6 is 0 Å². The van der Waals surface area contributed by atoms with Crippen LogP contribution in [0.4, 0.5) is 0 Å². The molecule has 1 rings (SSSR count). The maximum atomic E-state index is 6.94. The number of rotatable bonds is 0. The molecule has 0 aliphatic carbocycles. The molecule has 1 nitrogen and oxygen atoms in total. The highest BCUT2D eigenvalue weighted by molar-refractivity contribution is 7.87. The number of nitrogens with one attached hydrogen (secondary N) is 1. The third-order valence-corrected chi connectivity index (χ3v) is 2.34. The van der Waals surface area contributed by atoms with Gasteiger partial charge in [0.2, 0.25) is 0 Å². The molecule has 0 aromatic heterocycles. The topological polar surface area (TPSA) is 23.9 Å². The van der Waals surface area contributed by atoms with Gasteiger partial charge in [-0.05, 0) is 6.42 Å². The summed E-state index contributed by atoms with van der Waals surface area (Å²) in [5.41, 5.74) is 0. The molecule has 30 valence electrons. The van der Waals surface area contributed by atoms with Gasteiger partial charge in [0.15, 0.2) is 0 Å². The first-order valence-electron chi connectivity index (χ1n) is 1.78. The van der Waals surface area contributed by atoms with Gasteiger partial charge in [-0.15, -0.1) is 10.7 Å². The highest BCUT2D eigenvalue weighted by Gasteiger charge is 2.03. The first kappa shape index (κ1) is 3.34. The van der Waals surface area contributed by atoms with Gasteiger partial charge in [-0.1, -0.05) is 0 Å². The summed E-state index contributed by atoms with van der Waals surface area (Å²) in [6.45, 7) is 0. The number of hydrogen-bond acceptors (Lipinski definition) is 1. The number of hydrogen-bond donors (Lipinski definition) is 1. The maximum absolute atomic E-state index is 6.94. The molecule has 0 bridgehead atoms. The van der Waals surface area contributed by atoms with Gasteiger partial charge < -0.3 is 0 Å². The summed E-state index contributed by atoms with van der Waals surface area (Å²) in [6.07, 6.45) is 1.31. The Morgan fingerprint density at radius 2 is 1.80 bits per heavy atom. The molecular formula is C3H7NS. The summed E-state index contributed by atoms with van der Waals surface area (Å²) < 4.78 is 6.94. The van der Waals surface area contributed by atoms with Crippen LogP contribution in [0.2, 0.25) is 0 Å². The summed E-state index contributed by atoms with van der Waals surface area (Å²) in [5.74, 6) is 2.36. The van der Waals surface area contributed by atoms with E-state index in [1.807, 2.05) is 0 Å². The van der Waals surface area contributed by atoms with Gasteiger partial charge in [-0.2, -0.15) is 0 Å². The smallest absolute Gasteiger partial charge is 0.00467 e. The van der Waals surface area contributed by atoms with Crippen molar-refractivity contribution in [2.75, 3.05) is 11.5 Å². The molecule has 1 saturated heterocycles. The zero-order valence-electron chi connectivity index (χ0n) is 3.03. The lowest BCUT2D eigenvalue weighted by atomic mass is 10.5. The summed E-state index contributed by atoms with van der Waals surface area (Å²) in [6, 6.07) is 0. The van der Waals surface area contributed by atoms with E-state index in [-0.39, 0.29) is 10.7 Å². The molecule has 1 N–H and O–H groups in total. The Balaban J connectivity index is 2.32. The van der Waals surface area contributed by atoms with Crippen LogP contribution in [0.1, 0.15) is 6.42 Å². The van der Waals surface area contributed by atoms with Gasteiger partial charge in [0, 0.05) is 11.5 Å². The van der Waals surface area contributed by atoms with Crippen LogP contribution in [-0.2, 0) is 10.7 Å². The molecule has 1 fully saturated rings. The van der Waals surface area contributed by atoms with E-state index in [1.165, 1.54) is 17.9 Å². The second-order valence-corrected chi connectivity index (χ2v) is 3.06. The van der Waals surface area contributed by atoms with Crippen LogP contribution in [0.5, 0.6) is 0 Å². The molecule has 0 saturated carbocycles. The average Bonchev–Trinajstić information content (AvgIpc) is 1.30. The zero-order valence-corrected chi connectivity index (χ0v) is 3.85. The van der Waals surface area contributed by atoms with Gasteiger partial charge in [0.25, 0.3) is 0 Å². The zero-order chi connectivity index (χ0) is 3.70. The Labute approximate surface area is 34.3 Å². The molecular weight excluding hydrogens is 82.1 g/mol. The molecule has 2 heteroatoms. The van der Waals surface area contributed by atoms with Crippen molar-refractivity contribution in [1.29, 1.82) is 4.78 Å². The second kappa shape index (κ2) is 1.09. The van der Waals surface area contributed by atoms with Crippen LogP contribution in [0.25, 0.3) is 0 Å². The van der Waals surface area contributed by atoms with Crippen LogP contribution in [0.3, 0.4) is 0 Å². The third-order valence-electron chi connectivity index (χ3n) is 0.781. The Kier molecular flexibility index (Phi) is 0.728. The van der Waals surface area contributed by atoms with Crippen molar-refractivity contribution >= 4 is 10.7 Å². The summed E-state index contributed by atoms with van der Waals surface area (Å²) in [4.78, 5) is 0. The summed E-state index contributed by atoms with van der Waals surface area (Å²) in [7, 11) is 0.108. The van der Waals surface area contributed by atoms with Crippen molar-refractivity contribution in [3.8, 4) is 0 Å². The normalized spacial score (nSPS) is 25.6. The largest absolute Gasteiger partial charge is 0.280 e. The van der Waals surface area contributed by atoms with E-state index < -0.39 is 0 Å². The fraction of sp³-hybridized carbons (Fsp3) is 1.00. The predicted molar refractivity (Wildman–Crippen MR) is 24.4 cm³/mol. The molecule has 1 aliphatic rings. The quantitative estimate of drug-likeness (QED) is 0.453. The highest BCUT2D eigenvalue weighted by Crippen LogP contribution is 2.01. The molecule has 5 heavy (non-hydrogen) atoms. The first-order chi connectivity index (χ1) is 2.39. The van der Waals surface area contributed by atoms with Crippen molar-refractivity contribution in [2.24, 2.45) is 0 Å². The van der Waals surface area contributed by atoms with Gasteiger partial charge in [-0.25, -0.2) is 0 Å². The monoisotopic (exact) mass is 89.0 g/mol. The molecule has 0 unspecified atom stereocenters. The van der Waals surface area contributed by atoms with E-state index in [1.54, 1.807) is 0 Å². The Bertz CT molecular complexity index is 53.9. The van der Waals surface area contributed by atoms with E-state index in [2.05, 4.69) is 0 Å². The lowest BCUT2D eigenvalue weighted by molar-refractivity contribution is 1.04. The van der Waals surface area contributed by atoms with Crippen molar-refractivity contribution in [3.63, 3.8) is 0 Å². The van der Waals surface area contributed by atoms with Crippen molar-refractivity contribution < 1.29 is 0 Å². The molecule has 0 radical (unpaired) electrons. The second-order valence-electron chi connectivity index (χ2n) is 1.25. The Hall–Kier alpha value is 0.150. The molecule has 1 heterocycles. The van der Waals surface area contributed by atoms with Crippen molar-refractivity contribution in [3.05, 3.63) is 0 Å². The lowest BCUT2D eigenvalue weighted by Crippen LogP contribution is -2.13. The molecule has 0 aromatic rings. The first-order valence-corrected chi connectivity index (χ1v) is 3.34.